The lowest BCUT2D eigenvalue weighted by atomic mass is 9.98. The molecular weight excluding hydrogens is 566 g/mol. The number of carbonyl (C=O) groups is 2. The van der Waals surface area contributed by atoms with Gasteiger partial charge in [-0.15, -0.1) is 0 Å². The van der Waals surface area contributed by atoms with E-state index in [0.29, 0.717) is 6.54 Å². The van der Waals surface area contributed by atoms with Crippen molar-refractivity contribution in [2.45, 2.75) is 45.1 Å². The second-order valence-electron chi connectivity index (χ2n) is 11.1. The molecule has 0 saturated heterocycles. The standard InChI is InChI=1S/C35H46NO6.ClH/c1-36(22-8-12-28-14-18-32(39-2)19-15-28,23-9-13-29-16-20-33(40-3)21-17-29)26-31(24-34(37)41-4)25-35(38)42-27-30-10-6-5-7-11-30;/h5-7,10-11,14-21,31H,8-9,12-13,22-27H2,1-4H3;1H/q+1;/p-1/t31-;/m1./s1. The van der Waals surface area contributed by atoms with Crippen LogP contribution in [0.15, 0.2) is 78.9 Å². The van der Waals surface area contributed by atoms with Crippen molar-refractivity contribution < 1.29 is 45.4 Å². The third kappa shape index (κ3) is 13.1. The molecule has 3 aromatic rings. The molecule has 3 rings (SSSR count). The second kappa shape index (κ2) is 18.9. The molecule has 43 heavy (non-hydrogen) atoms. The molecule has 0 N–H and O–H groups in total. The number of rotatable bonds is 18. The summed E-state index contributed by atoms with van der Waals surface area (Å²) in [6.45, 7) is 2.75. The van der Waals surface area contributed by atoms with E-state index in [2.05, 4.69) is 31.3 Å². The van der Waals surface area contributed by atoms with E-state index in [1.54, 1.807) is 14.2 Å². The van der Waals surface area contributed by atoms with Gasteiger partial charge in [-0.25, -0.2) is 0 Å². The molecule has 0 unspecified atom stereocenters. The lowest BCUT2D eigenvalue weighted by Crippen LogP contribution is -3.00. The predicted molar refractivity (Wildman–Crippen MR) is 164 cm³/mol. The highest BCUT2D eigenvalue weighted by atomic mass is 35.5. The number of nitrogens with zero attached hydrogens (tertiary/aromatic N) is 1. The summed E-state index contributed by atoms with van der Waals surface area (Å²) >= 11 is 0. The fourth-order valence-corrected chi connectivity index (χ4v) is 5.38. The van der Waals surface area contributed by atoms with Gasteiger partial charge in [0.15, 0.2) is 0 Å². The van der Waals surface area contributed by atoms with Gasteiger partial charge < -0.3 is 35.8 Å². The summed E-state index contributed by atoms with van der Waals surface area (Å²) in [6.07, 6.45) is 4.20. The first-order valence-corrected chi connectivity index (χ1v) is 14.7. The van der Waals surface area contributed by atoms with Gasteiger partial charge in [-0.3, -0.25) is 9.59 Å². The van der Waals surface area contributed by atoms with Gasteiger partial charge >= 0.3 is 11.9 Å². The predicted octanol–water partition coefficient (Wildman–Crippen LogP) is 3.03. The third-order valence-electron chi connectivity index (χ3n) is 7.72. The van der Waals surface area contributed by atoms with Crippen LogP contribution in [0.2, 0.25) is 0 Å². The number of quaternary nitrogens is 1. The van der Waals surface area contributed by atoms with Crippen LogP contribution in [0.1, 0.15) is 42.4 Å². The number of halogens is 1. The summed E-state index contributed by atoms with van der Waals surface area (Å²) < 4.78 is 21.9. The lowest BCUT2D eigenvalue weighted by Gasteiger charge is -2.37. The van der Waals surface area contributed by atoms with E-state index < -0.39 is 0 Å². The number of carbonyl (C=O) groups excluding carboxylic acids is 2. The van der Waals surface area contributed by atoms with Crippen LogP contribution in [-0.4, -0.2) is 64.4 Å². The van der Waals surface area contributed by atoms with Crippen LogP contribution in [0.3, 0.4) is 0 Å². The number of esters is 2. The zero-order valence-electron chi connectivity index (χ0n) is 25.9. The van der Waals surface area contributed by atoms with E-state index >= 15 is 0 Å². The summed E-state index contributed by atoms with van der Waals surface area (Å²) in [5.74, 6) is 0.910. The molecule has 0 heterocycles. The Morgan fingerprint density at radius 3 is 1.63 bits per heavy atom. The maximum Gasteiger partial charge on any atom is 0.306 e. The van der Waals surface area contributed by atoms with Crippen molar-refractivity contribution in [1.82, 2.24) is 0 Å². The van der Waals surface area contributed by atoms with E-state index in [0.717, 1.165) is 60.3 Å². The van der Waals surface area contributed by atoms with E-state index in [-0.39, 0.29) is 49.7 Å². The minimum absolute atomic E-state index is 0. The largest absolute Gasteiger partial charge is 1.00 e. The zero-order valence-corrected chi connectivity index (χ0v) is 26.7. The van der Waals surface area contributed by atoms with Crippen LogP contribution < -0.4 is 21.9 Å². The number of hydrogen-bond acceptors (Lipinski definition) is 6. The van der Waals surface area contributed by atoms with Crippen LogP contribution in [0.25, 0.3) is 0 Å². The first kappa shape index (κ1) is 35.6. The summed E-state index contributed by atoms with van der Waals surface area (Å²) in [4.78, 5) is 25.3. The van der Waals surface area contributed by atoms with Crippen molar-refractivity contribution in [2.75, 3.05) is 48.0 Å². The summed E-state index contributed by atoms with van der Waals surface area (Å²) in [5.41, 5.74) is 3.46. The highest BCUT2D eigenvalue weighted by Gasteiger charge is 2.30. The summed E-state index contributed by atoms with van der Waals surface area (Å²) in [5, 5.41) is 0. The number of ether oxygens (including phenoxy) is 4. The van der Waals surface area contributed by atoms with Crippen LogP contribution in [0.5, 0.6) is 11.5 Å². The van der Waals surface area contributed by atoms with Crippen molar-refractivity contribution >= 4 is 11.9 Å². The molecule has 0 radical (unpaired) electrons. The van der Waals surface area contributed by atoms with Gasteiger partial charge in [-0.1, -0.05) is 54.6 Å². The Labute approximate surface area is 263 Å². The minimum Gasteiger partial charge on any atom is -1.00 e. The van der Waals surface area contributed by atoms with Crippen molar-refractivity contribution in [3.05, 3.63) is 95.6 Å². The molecule has 0 fully saturated rings. The molecule has 234 valence electrons. The summed E-state index contributed by atoms with van der Waals surface area (Å²) in [6, 6.07) is 26.0. The van der Waals surface area contributed by atoms with Gasteiger partial charge in [0.1, 0.15) is 18.1 Å². The quantitative estimate of drug-likeness (QED) is 0.163. The Morgan fingerprint density at radius 2 is 1.16 bits per heavy atom. The monoisotopic (exact) mass is 611 g/mol. The van der Waals surface area contributed by atoms with Gasteiger partial charge in [0, 0.05) is 18.8 Å². The Hall–Kier alpha value is -3.55. The summed E-state index contributed by atoms with van der Waals surface area (Å²) in [7, 11) is 6.98. The molecule has 0 aromatic heterocycles. The van der Waals surface area contributed by atoms with Crippen LogP contribution >= 0.6 is 0 Å². The molecule has 0 saturated carbocycles. The number of aryl methyl sites for hydroxylation is 2. The first-order valence-electron chi connectivity index (χ1n) is 14.7. The molecule has 7 nitrogen and oxygen atoms in total. The Balaban J connectivity index is 0.00000645. The highest BCUT2D eigenvalue weighted by Crippen LogP contribution is 2.22. The fourth-order valence-electron chi connectivity index (χ4n) is 5.38. The second-order valence-corrected chi connectivity index (χ2v) is 11.1. The average molecular weight is 612 g/mol. The molecule has 0 bridgehead atoms. The zero-order chi connectivity index (χ0) is 30.2. The molecule has 0 amide bonds. The molecule has 0 spiro atoms. The lowest BCUT2D eigenvalue weighted by molar-refractivity contribution is -0.913. The van der Waals surface area contributed by atoms with Crippen molar-refractivity contribution in [1.29, 1.82) is 0 Å². The van der Waals surface area contributed by atoms with Gasteiger partial charge in [0.2, 0.25) is 0 Å². The van der Waals surface area contributed by atoms with E-state index in [9.17, 15) is 9.59 Å². The van der Waals surface area contributed by atoms with E-state index in [1.165, 1.54) is 18.2 Å². The molecule has 8 heteroatoms. The topological polar surface area (TPSA) is 71.1 Å². The maximum atomic E-state index is 12.9. The third-order valence-corrected chi connectivity index (χ3v) is 7.72. The SMILES string of the molecule is COC(=O)C[C@H](CC(=O)OCc1ccccc1)C[N+](C)(CCCc1ccc(OC)cc1)CCCc1ccc(OC)cc1.[Cl-]. The number of methoxy groups -OCH3 is 3. The fraction of sp³-hybridized carbons (Fsp3) is 0.429. The van der Waals surface area contributed by atoms with Gasteiger partial charge in [0.05, 0.1) is 60.9 Å². The van der Waals surface area contributed by atoms with E-state index in [4.69, 9.17) is 18.9 Å². The van der Waals surface area contributed by atoms with E-state index in [1.807, 2.05) is 54.6 Å². The Kier molecular flexibility index (Phi) is 15.6. The van der Waals surface area contributed by atoms with Gasteiger partial charge in [-0.2, -0.15) is 0 Å². The maximum absolute atomic E-state index is 12.9. The van der Waals surface area contributed by atoms with Crippen molar-refractivity contribution in [2.24, 2.45) is 5.92 Å². The van der Waals surface area contributed by atoms with Crippen molar-refractivity contribution in [3.63, 3.8) is 0 Å². The Bertz CT molecular complexity index is 1160. The molecular formula is C35H46ClNO6. The highest BCUT2D eigenvalue weighted by molar-refractivity contribution is 5.73. The molecule has 0 aliphatic heterocycles. The van der Waals surface area contributed by atoms with Crippen LogP contribution in [0, 0.1) is 5.92 Å². The first-order chi connectivity index (χ1) is 20.3. The van der Waals surface area contributed by atoms with Crippen LogP contribution in [0.4, 0.5) is 0 Å². The van der Waals surface area contributed by atoms with Crippen molar-refractivity contribution in [3.8, 4) is 11.5 Å². The van der Waals surface area contributed by atoms with Crippen LogP contribution in [-0.2, 0) is 38.5 Å². The molecule has 1 atom stereocenters. The number of benzene rings is 3. The molecule has 0 aliphatic carbocycles. The average Bonchev–Trinajstić information content (AvgIpc) is 3.01. The van der Waals surface area contributed by atoms with Gasteiger partial charge in [-0.05, 0) is 53.8 Å². The number of hydrogen-bond donors (Lipinski definition) is 0. The Morgan fingerprint density at radius 1 is 0.674 bits per heavy atom. The van der Waals surface area contributed by atoms with Gasteiger partial charge in [0.25, 0.3) is 0 Å². The minimum atomic E-state index is -0.307. The molecule has 3 aromatic carbocycles. The molecule has 0 aliphatic rings. The smallest absolute Gasteiger partial charge is 0.306 e. The normalized spacial score (nSPS) is 11.6.